The molecular weight excluding hydrogens is 150 g/mol. The van der Waals surface area contributed by atoms with Crippen molar-refractivity contribution < 1.29 is 4.74 Å². The van der Waals surface area contributed by atoms with Gasteiger partial charge in [0.25, 0.3) is 0 Å². The summed E-state index contributed by atoms with van der Waals surface area (Å²) in [5, 5.41) is 3.70. The van der Waals surface area contributed by atoms with Crippen LogP contribution in [0.4, 0.5) is 0 Å². The molecule has 1 N–H and O–H groups in total. The zero-order valence-electron chi connectivity index (χ0n) is 7.31. The Hall–Kier alpha value is -0.0800. The van der Waals surface area contributed by atoms with E-state index in [0.29, 0.717) is 17.2 Å². The predicted octanol–water partition coefficient (Wildman–Crippen LogP) is 1.06. The van der Waals surface area contributed by atoms with Gasteiger partial charge in [-0.15, -0.1) is 0 Å². The van der Waals surface area contributed by atoms with Crippen LogP contribution in [0.15, 0.2) is 0 Å². The minimum Gasteiger partial charge on any atom is -0.370 e. The summed E-state index contributed by atoms with van der Waals surface area (Å²) in [6.45, 7) is 1.26. The first-order valence-electron chi connectivity index (χ1n) is 5.25. The highest BCUT2D eigenvalue weighted by Crippen LogP contribution is 2.62. The fourth-order valence-corrected chi connectivity index (χ4v) is 4.03. The summed E-state index contributed by atoms with van der Waals surface area (Å²) in [6, 6.07) is 0. The molecule has 4 bridgehead atoms. The van der Waals surface area contributed by atoms with Gasteiger partial charge in [0.05, 0.1) is 11.7 Å². The maximum Gasteiger partial charge on any atom is 0.0892 e. The van der Waals surface area contributed by atoms with Crippen molar-refractivity contribution in [3.63, 3.8) is 0 Å². The molecule has 0 aromatic heterocycles. The van der Waals surface area contributed by atoms with E-state index >= 15 is 0 Å². The van der Waals surface area contributed by atoms with Crippen molar-refractivity contribution in [2.75, 3.05) is 6.54 Å². The Kier molecular flexibility index (Phi) is 0.851. The van der Waals surface area contributed by atoms with Crippen LogP contribution >= 0.6 is 0 Å². The fourth-order valence-electron chi connectivity index (χ4n) is 4.03. The van der Waals surface area contributed by atoms with Gasteiger partial charge in [-0.25, -0.2) is 0 Å². The topological polar surface area (TPSA) is 21.3 Å². The van der Waals surface area contributed by atoms with Crippen LogP contribution in [0, 0.1) is 5.92 Å². The average Bonchev–Trinajstić information content (AvgIpc) is 2.58. The van der Waals surface area contributed by atoms with Gasteiger partial charge in [0.15, 0.2) is 0 Å². The summed E-state index contributed by atoms with van der Waals surface area (Å²) in [7, 11) is 0. The van der Waals surface area contributed by atoms with Crippen molar-refractivity contribution in [3.8, 4) is 0 Å². The van der Waals surface area contributed by atoms with E-state index in [-0.39, 0.29) is 0 Å². The monoisotopic (exact) mass is 165 g/mol. The quantitative estimate of drug-likeness (QED) is 0.627. The lowest BCUT2D eigenvalue weighted by Gasteiger charge is -2.55. The van der Waals surface area contributed by atoms with Crippen LogP contribution in [0.25, 0.3) is 0 Å². The lowest BCUT2D eigenvalue weighted by Crippen LogP contribution is -2.66. The summed E-state index contributed by atoms with van der Waals surface area (Å²) < 4.78 is 6.00. The molecule has 2 heteroatoms. The lowest BCUT2D eigenvalue weighted by atomic mass is 9.62. The molecule has 2 unspecified atom stereocenters. The number of rotatable bonds is 1. The zero-order chi connectivity index (χ0) is 7.81. The van der Waals surface area contributed by atoms with Gasteiger partial charge in [0.2, 0.25) is 0 Å². The van der Waals surface area contributed by atoms with E-state index in [2.05, 4.69) is 5.32 Å². The molecule has 2 saturated carbocycles. The molecule has 2 nitrogen and oxygen atoms in total. The molecule has 6 fully saturated rings. The smallest absolute Gasteiger partial charge is 0.0892 e. The first kappa shape index (κ1) is 6.39. The lowest BCUT2D eigenvalue weighted by molar-refractivity contribution is -0.208. The van der Waals surface area contributed by atoms with Crippen molar-refractivity contribution >= 4 is 0 Å². The summed E-state index contributed by atoms with van der Waals surface area (Å²) in [5.41, 5.74) is 0.759. The van der Waals surface area contributed by atoms with Crippen LogP contribution in [-0.4, -0.2) is 23.8 Å². The number of hydrogen-bond acceptors (Lipinski definition) is 2. The molecule has 4 aliphatic heterocycles. The first-order valence-corrected chi connectivity index (χ1v) is 5.25. The van der Waals surface area contributed by atoms with E-state index in [0.717, 1.165) is 5.92 Å². The molecular formula is C10H15NO. The summed E-state index contributed by atoms with van der Waals surface area (Å²) in [6.07, 6.45) is 7.46. The predicted molar refractivity (Wildman–Crippen MR) is 44.9 cm³/mol. The molecule has 6 aliphatic rings. The second kappa shape index (κ2) is 1.60. The van der Waals surface area contributed by atoms with Gasteiger partial charge in [-0.1, -0.05) is 0 Å². The summed E-state index contributed by atoms with van der Waals surface area (Å²) >= 11 is 0. The standard InChI is InChI=1S/C10H15NO/c1-2-10(5-8(1)12-10)9-3-7(4-9)6-11-9/h7-8,11H,1-6H2. The third-order valence-corrected chi connectivity index (χ3v) is 4.70. The van der Waals surface area contributed by atoms with Crippen molar-refractivity contribution in [1.29, 1.82) is 0 Å². The molecule has 0 aromatic rings. The van der Waals surface area contributed by atoms with E-state index < -0.39 is 0 Å². The summed E-state index contributed by atoms with van der Waals surface area (Å²) in [5.74, 6) is 0.989. The van der Waals surface area contributed by atoms with Gasteiger partial charge in [-0.3, -0.25) is 0 Å². The molecule has 0 radical (unpaired) electrons. The van der Waals surface area contributed by atoms with Gasteiger partial charge in [0, 0.05) is 12.0 Å². The first-order chi connectivity index (χ1) is 5.82. The van der Waals surface area contributed by atoms with Crippen molar-refractivity contribution in [1.82, 2.24) is 5.32 Å². The van der Waals surface area contributed by atoms with Crippen LogP contribution in [-0.2, 0) is 4.74 Å². The van der Waals surface area contributed by atoms with Crippen molar-refractivity contribution in [2.45, 2.75) is 49.3 Å². The molecule has 2 aliphatic carbocycles. The van der Waals surface area contributed by atoms with Crippen LogP contribution in [0.3, 0.4) is 0 Å². The van der Waals surface area contributed by atoms with Gasteiger partial charge in [-0.2, -0.15) is 0 Å². The molecule has 4 heterocycles. The fraction of sp³-hybridized carbons (Fsp3) is 1.00. The highest BCUT2D eigenvalue weighted by molar-refractivity contribution is 5.25. The highest BCUT2D eigenvalue weighted by Gasteiger charge is 2.69. The second-order valence-corrected chi connectivity index (χ2v) is 5.21. The van der Waals surface area contributed by atoms with Crippen molar-refractivity contribution in [3.05, 3.63) is 0 Å². The zero-order valence-corrected chi connectivity index (χ0v) is 7.31. The van der Waals surface area contributed by atoms with Gasteiger partial charge >= 0.3 is 0 Å². The largest absolute Gasteiger partial charge is 0.370 e. The molecule has 4 saturated heterocycles. The SMILES string of the molecule is C1NC2(C34CCC(C3)O4)CC1C2. The molecule has 2 atom stereocenters. The van der Waals surface area contributed by atoms with Crippen molar-refractivity contribution in [2.24, 2.45) is 5.92 Å². The molecule has 0 aromatic carbocycles. The van der Waals surface area contributed by atoms with E-state index in [4.69, 9.17) is 4.74 Å². The maximum absolute atomic E-state index is 6.00. The third kappa shape index (κ3) is 0.471. The number of hydrogen-bond donors (Lipinski definition) is 1. The minimum atomic E-state index is 0.310. The van der Waals surface area contributed by atoms with Crippen LogP contribution in [0.2, 0.25) is 0 Å². The highest BCUT2D eigenvalue weighted by atomic mass is 16.5. The Morgan fingerprint density at radius 1 is 1.25 bits per heavy atom. The maximum atomic E-state index is 6.00. The van der Waals surface area contributed by atoms with Crippen LogP contribution in [0.1, 0.15) is 32.1 Å². The number of nitrogens with one attached hydrogen (secondary N) is 1. The average molecular weight is 165 g/mol. The number of fused-ring (bicyclic) bond motifs is 2. The minimum absolute atomic E-state index is 0.310. The summed E-state index contributed by atoms with van der Waals surface area (Å²) in [4.78, 5) is 0. The Labute approximate surface area is 72.7 Å². The van der Waals surface area contributed by atoms with Crippen LogP contribution in [0.5, 0.6) is 0 Å². The van der Waals surface area contributed by atoms with E-state index in [1.807, 2.05) is 0 Å². The Morgan fingerprint density at radius 2 is 2.08 bits per heavy atom. The molecule has 12 heavy (non-hydrogen) atoms. The Morgan fingerprint density at radius 3 is 2.58 bits per heavy atom. The van der Waals surface area contributed by atoms with E-state index in [1.165, 1.54) is 38.6 Å². The molecule has 66 valence electrons. The van der Waals surface area contributed by atoms with Gasteiger partial charge in [-0.05, 0) is 38.1 Å². The number of ether oxygens (including phenoxy) is 1. The third-order valence-electron chi connectivity index (χ3n) is 4.70. The molecule has 0 spiro atoms. The van der Waals surface area contributed by atoms with Gasteiger partial charge in [0.1, 0.15) is 0 Å². The van der Waals surface area contributed by atoms with Crippen LogP contribution < -0.4 is 5.32 Å². The molecule has 0 amide bonds. The normalized spacial score (nSPS) is 66.0. The second-order valence-electron chi connectivity index (χ2n) is 5.21. The van der Waals surface area contributed by atoms with E-state index in [9.17, 15) is 0 Å². The van der Waals surface area contributed by atoms with Gasteiger partial charge < -0.3 is 10.1 Å². The Balaban J connectivity index is 1.72. The Bertz CT molecular complexity index is 201. The molecule has 6 rings (SSSR count). The van der Waals surface area contributed by atoms with E-state index in [1.54, 1.807) is 0 Å².